The third-order valence-electron chi connectivity index (χ3n) is 3.60. The molecule has 2 aromatic carbocycles. The van der Waals surface area contributed by atoms with E-state index in [0.717, 1.165) is 12.0 Å². The minimum atomic E-state index is -0.202. The molecule has 0 radical (unpaired) electrons. The number of allylic oxidation sites excluding steroid dienone is 1. The summed E-state index contributed by atoms with van der Waals surface area (Å²) < 4.78 is 5.30. The Kier molecular flexibility index (Phi) is 6.32. The summed E-state index contributed by atoms with van der Waals surface area (Å²) in [6.45, 7) is 2.06. The minimum Gasteiger partial charge on any atom is -0.484 e. The summed E-state index contributed by atoms with van der Waals surface area (Å²) in [6, 6.07) is 14.8. The molecule has 0 fully saturated rings. The average molecular weight is 323 g/mol. The monoisotopic (exact) mass is 323 g/mol. The number of carbonyl (C=O) groups excluding carboxylic acids is 2. The van der Waals surface area contributed by atoms with E-state index in [4.69, 9.17) is 4.74 Å². The second kappa shape index (κ2) is 8.67. The van der Waals surface area contributed by atoms with E-state index >= 15 is 0 Å². The topological polar surface area (TPSA) is 55.4 Å². The number of amides is 1. The van der Waals surface area contributed by atoms with Crippen molar-refractivity contribution in [2.24, 2.45) is 0 Å². The van der Waals surface area contributed by atoms with Crippen molar-refractivity contribution in [3.05, 3.63) is 71.3 Å². The maximum absolute atomic E-state index is 12.2. The number of likely N-dealkylation sites (N-methyl/N-ethyl adjacent to an activating group) is 1. The number of carbonyl (C=O) groups is 2. The Bertz CT molecular complexity index is 716. The summed E-state index contributed by atoms with van der Waals surface area (Å²) in [5, 5.41) is 2.48. The first kappa shape index (κ1) is 17.5. The van der Waals surface area contributed by atoms with Gasteiger partial charge in [0.1, 0.15) is 5.75 Å². The molecule has 0 aromatic heterocycles. The number of aryl methyl sites for hydroxylation is 1. The first-order chi connectivity index (χ1) is 11.6. The highest BCUT2D eigenvalue weighted by atomic mass is 16.5. The molecule has 0 aliphatic heterocycles. The SMILES string of the molecule is CCc1ccc(/C=C/C(=O)c2ccc(OCC(=O)NC)cc2)cc1. The molecule has 4 nitrogen and oxygen atoms in total. The van der Waals surface area contributed by atoms with Crippen LogP contribution in [0.3, 0.4) is 0 Å². The third-order valence-corrected chi connectivity index (χ3v) is 3.60. The van der Waals surface area contributed by atoms with Crippen molar-refractivity contribution < 1.29 is 14.3 Å². The molecule has 124 valence electrons. The van der Waals surface area contributed by atoms with Crippen LogP contribution in [0.5, 0.6) is 5.75 Å². The molecule has 2 rings (SSSR count). The second-order valence-electron chi connectivity index (χ2n) is 5.28. The van der Waals surface area contributed by atoms with Crippen LogP contribution in [0.25, 0.3) is 6.08 Å². The molecule has 1 N–H and O–H groups in total. The molecule has 0 bridgehead atoms. The van der Waals surface area contributed by atoms with E-state index in [9.17, 15) is 9.59 Å². The number of benzene rings is 2. The van der Waals surface area contributed by atoms with E-state index in [2.05, 4.69) is 24.4 Å². The average Bonchev–Trinajstić information content (AvgIpc) is 2.64. The van der Waals surface area contributed by atoms with Crippen molar-refractivity contribution in [1.29, 1.82) is 0 Å². The van der Waals surface area contributed by atoms with Crippen LogP contribution in [0.15, 0.2) is 54.6 Å². The van der Waals surface area contributed by atoms with Crippen molar-refractivity contribution in [2.75, 3.05) is 13.7 Å². The quantitative estimate of drug-likeness (QED) is 0.628. The summed E-state index contributed by atoms with van der Waals surface area (Å²) in [7, 11) is 1.55. The fourth-order valence-electron chi connectivity index (χ4n) is 2.07. The van der Waals surface area contributed by atoms with Gasteiger partial charge in [-0.25, -0.2) is 0 Å². The van der Waals surface area contributed by atoms with E-state index in [0.29, 0.717) is 11.3 Å². The largest absolute Gasteiger partial charge is 0.484 e. The lowest BCUT2D eigenvalue weighted by atomic mass is 10.1. The van der Waals surface area contributed by atoms with Gasteiger partial charge in [0, 0.05) is 12.6 Å². The van der Waals surface area contributed by atoms with Gasteiger partial charge in [0.25, 0.3) is 5.91 Å². The predicted molar refractivity (Wildman–Crippen MR) is 95.2 cm³/mol. The third kappa shape index (κ3) is 5.09. The zero-order chi connectivity index (χ0) is 17.4. The molecule has 0 unspecified atom stereocenters. The first-order valence-electron chi connectivity index (χ1n) is 7.87. The second-order valence-corrected chi connectivity index (χ2v) is 5.28. The Morgan fingerprint density at radius 3 is 2.29 bits per heavy atom. The van der Waals surface area contributed by atoms with Crippen LogP contribution in [0.2, 0.25) is 0 Å². The summed E-state index contributed by atoms with van der Waals surface area (Å²) in [6.07, 6.45) is 4.36. The van der Waals surface area contributed by atoms with Crippen LogP contribution in [0, 0.1) is 0 Å². The number of nitrogens with one attached hydrogen (secondary N) is 1. The molecule has 0 aliphatic carbocycles. The molecular formula is C20H21NO3. The van der Waals surface area contributed by atoms with Crippen molar-refractivity contribution in [1.82, 2.24) is 5.32 Å². The Hall–Kier alpha value is -2.88. The molecule has 0 saturated carbocycles. The standard InChI is InChI=1S/C20H21NO3/c1-3-15-4-6-16(7-5-15)8-13-19(22)17-9-11-18(12-10-17)24-14-20(23)21-2/h4-13H,3,14H2,1-2H3,(H,21,23)/b13-8+. The highest BCUT2D eigenvalue weighted by molar-refractivity contribution is 6.06. The van der Waals surface area contributed by atoms with Crippen LogP contribution in [0.1, 0.15) is 28.4 Å². The van der Waals surface area contributed by atoms with E-state index < -0.39 is 0 Å². The molecule has 4 heteroatoms. The molecule has 0 aliphatic rings. The highest BCUT2D eigenvalue weighted by Crippen LogP contribution is 2.14. The van der Waals surface area contributed by atoms with Crippen LogP contribution >= 0.6 is 0 Å². The van der Waals surface area contributed by atoms with Gasteiger partial charge < -0.3 is 10.1 Å². The lowest BCUT2D eigenvalue weighted by Gasteiger charge is -2.05. The first-order valence-corrected chi connectivity index (χ1v) is 7.87. The van der Waals surface area contributed by atoms with Gasteiger partial charge >= 0.3 is 0 Å². The van der Waals surface area contributed by atoms with Gasteiger partial charge in [-0.15, -0.1) is 0 Å². The Morgan fingerprint density at radius 2 is 1.71 bits per heavy atom. The normalized spacial score (nSPS) is 10.6. The predicted octanol–water partition coefficient (Wildman–Crippen LogP) is 3.27. The van der Waals surface area contributed by atoms with Gasteiger partial charge in [0.2, 0.25) is 0 Å². The maximum atomic E-state index is 12.2. The number of hydrogen-bond donors (Lipinski definition) is 1. The molecule has 2 aromatic rings. The van der Waals surface area contributed by atoms with Gasteiger partial charge in [-0.3, -0.25) is 9.59 Å². The Labute approximate surface area is 142 Å². The number of ether oxygens (including phenoxy) is 1. The van der Waals surface area contributed by atoms with Crippen molar-refractivity contribution in [3.63, 3.8) is 0 Å². The van der Waals surface area contributed by atoms with Gasteiger partial charge in [-0.2, -0.15) is 0 Å². The van der Waals surface area contributed by atoms with E-state index in [-0.39, 0.29) is 18.3 Å². The molecule has 0 heterocycles. The van der Waals surface area contributed by atoms with E-state index in [1.165, 1.54) is 5.56 Å². The Morgan fingerprint density at radius 1 is 1.04 bits per heavy atom. The van der Waals surface area contributed by atoms with Crippen LogP contribution in [-0.4, -0.2) is 25.3 Å². The molecule has 24 heavy (non-hydrogen) atoms. The van der Waals surface area contributed by atoms with Crippen LogP contribution < -0.4 is 10.1 Å². The lowest BCUT2D eigenvalue weighted by Crippen LogP contribution is -2.24. The summed E-state index contributed by atoms with van der Waals surface area (Å²) in [5.41, 5.74) is 2.83. The van der Waals surface area contributed by atoms with E-state index in [1.54, 1.807) is 43.5 Å². The number of rotatable bonds is 7. The molecule has 0 saturated heterocycles. The fraction of sp³-hybridized carbons (Fsp3) is 0.200. The number of ketones is 1. The lowest BCUT2D eigenvalue weighted by molar-refractivity contribution is -0.122. The summed E-state index contributed by atoms with van der Waals surface area (Å²) in [4.78, 5) is 23.3. The fourth-order valence-corrected chi connectivity index (χ4v) is 2.07. The van der Waals surface area contributed by atoms with Crippen molar-refractivity contribution in [2.45, 2.75) is 13.3 Å². The van der Waals surface area contributed by atoms with Gasteiger partial charge in [-0.05, 0) is 47.9 Å². The van der Waals surface area contributed by atoms with E-state index in [1.807, 2.05) is 12.1 Å². The van der Waals surface area contributed by atoms with Gasteiger partial charge in [-0.1, -0.05) is 37.3 Å². The van der Waals surface area contributed by atoms with Crippen molar-refractivity contribution in [3.8, 4) is 5.75 Å². The smallest absolute Gasteiger partial charge is 0.257 e. The van der Waals surface area contributed by atoms with Gasteiger partial charge in [0.15, 0.2) is 12.4 Å². The molecule has 1 amide bonds. The van der Waals surface area contributed by atoms with Gasteiger partial charge in [0.05, 0.1) is 0 Å². The van der Waals surface area contributed by atoms with Crippen LogP contribution in [0.4, 0.5) is 0 Å². The number of hydrogen-bond acceptors (Lipinski definition) is 3. The minimum absolute atomic E-state index is 0.0442. The highest BCUT2D eigenvalue weighted by Gasteiger charge is 2.04. The zero-order valence-corrected chi connectivity index (χ0v) is 13.9. The molecule has 0 atom stereocenters. The molecule has 0 spiro atoms. The van der Waals surface area contributed by atoms with Crippen LogP contribution in [-0.2, 0) is 11.2 Å². The summed E-state index contributed by atoms with van der Waals surface area (Å²) in [5.74, 6) is 0.272. The zero-order valence-electron chi connectivity index (χ0n) is 13.9. The Balaban J connectivity index is 1.96. The molecular weight excluding hydrogens is 302 g/mol. The summed E-state index contributed by atoms with van der Waals surface area (Å²) >= 11 is 0. The van der Waals surface area contributed by atoms with Crippen molar-refractivity contribution >= 4 is 17.8 Å². The maximum Gasteiger partial charge on any atom is 0.257 e.